The zero-order valence-electron chi connectivity index (χ0n) is 21.5. The van der Waals surface area contributed by atoms with Crippen LogP contribution in [-0.4, -0.2) is 27.9 Å². The summed E-state index contributed by atoms with van der Waals surface area (Å²) in [6, 6.07) is 12.2. The van der Waals surface area contributed by atoms with Gasteiger partial charge in [0.25, 0.3) is 5.56 Å². The van der Waals surface area contributed by atoms with E-state index in [1.165, 1.54) is 31.2 Å². The van der Waals surface area contributed by atoms with Gasteiger partial charge in [0.1, 0.15) is 0 Å². The number of fused-ring (bicyclic) bond motifs is 2. The number of aromatic nitrogens is 2. The van der Waals surface area contributed by atoms with Crippen molar-refractivity contribution < 1.29 is 22.7 Å². The number of nitrogens with zero attached hydrogens (tertiary/aromatic N) is 3. The molecule has 206 valence electrons. The highest BCUT2D eigenvalue weighted by Gasteiger charge is 2.45. The summed E-state index contributed by atoms with van der Waals surface area (Å²) in [7, 11) is 0. The number of ether oxygens (including phenoxy) is 1. The number of thiazole rings is 1. The van der Waals surface area contributed by atoms with Gasteiger partial charge in [0.2, 0.25) is 0 Å². The third-order valence-electron chi connectivity index (χ3n) is 6.65. The van der Waals surface area contributed by atoms with Crippen LogP contribution in [0.25, 0.3) is 17.0 Å². The number of allylic oxidation sites excluding steroid dienone is 2. The number of alkyl halides is 3. The molecule has 0 radical (unpaired) electrons. The summed E-state index contributed by atoms with van der Waals surface area (Å²) >= 11 is 6.86. The summed E-state index contributed by atoms with van der Waals surface area (Å²) in [5.74, 6) is -1.20. The maximum Gasteiger partial charge on any atom is 0.434 e. The molecule has 1 aliphatic heterocycles. The molecule has 0 saturated heterocycles. The standard InChI is InChI=1S/C29H23ClF3N3O3S/c1-4-14-35-16(3)20(19-8-6-7-9-21(19)35)15-22-26(37)36-24(17-10-12-18(30)13-11-17)23(27(38)39-5-2)25(29(31,32)33)34-28(36)40-22/h4,6-13,15,24H,1,5,14H2,2-3H3/b22-15-/t24-/m1/s1. The molecule has 0 spiro atoms. The molecule has 0 bridgehead atoms. The summed E-state index contributed by atoms with van der Waals surface area (Å²) in [6.45, 7) is 7.60. The number of hydrogen-bond acceptors (Lipinski definition) is 5. The lowest BCUT2D eigenvalue weighted by Crippen LogP contribution is -2.41. The fourth-order valence-electron chi connectivity index (χ4n) is 4.94. The minimum absolute atomic E-state index is 0.153. The molecule has 4 aromatic rings. The van der Waals surface area contributed by atoms with Gasteiger partial charge in [-0.25, -0.2) is 9.79 Å². The maximum absolute atomic E-state index is 14.3. The van der Waals surface area contributed by atoms with Crippen molar-refractivity contribution in [3.05, 3.63) is 114 Å². The first kappa shape index (κ1) is 27.7. The fourth-order valence-corrected chi connectivity index (χ4v) is 6.04. The molecule has 0 N–H and O–H groups in total. The van der Waals surface area contributed by atoms with Crippen molar-refractivity contribution in [1.29, 1.82) is 0 Å². The summed E-state index contributed by atoms with van der Waals surface area (Å²) in [6.07, 6.45) is -1.54. The van der Waals surface area contributed by atoms with Crippen LogP contribution < -0.4 is 14.9 Å². The molecular weight excluding hydrogens is 563 g/mol. The smallest absolute Gasteiger partial charge is 0.434 e. The van der Waals surface area contributed by atoms with Crippen LogP contribution in [0.4, 0.5) is 13.2 Å². The molecule has 11 heteroatoms. The molecule has 0 fully saturated rings. The van der Waals surface area contributed by atoms with E-state index in [0.29, 0.717) is 11.6 Å². The molecule has 2 aromatic heterocycles. The van der Waals surface area contributed by atoms with Crippen molar-refractivity contribution in [2.45, 2.75) is 32.6 Å². The summed E-state index contributed by atoms with van der Waals surface area (Å²) in [5.41, 5.74) is 0.0896. The molecule has 3 heterocycles. The van der Waals surface area contributed by atoms with E-state index in [-0.39, 0.29) is 21.5 Å². The number of esters is 1. The van der Waals surface area contributed by atoms with E-state index in [2.05, 4.69) is 11.6 Å². The molecule has 6 nitrogen and oxygen atoms in total. The van der Waals surface area contributed by atoms with Gasteiger partial charge in [-0.3, -0.25) is 9.36 Å². The SMILES string of the molecule is C=CCn1c(C)c(/C=c2\sc3n(c2=O)[C@H](c2ccc(Cl)cc2)C(C(=O)OCC)=C(C(F)(F)F)N=3)c2ccccc21. The van der Waals surface area contributed by atoms with Crippen LogP contribution in [0.3, 0.4) is 0 Å². The van der Waals surface area contributed by atoms with Crippen molar-refractivity contribution in [3.8, 4) is 0 Å². The van der Waals surface area contributed by atoms with Crippen LogP contribution >= 0.6 is 22.9 Å². The van der Waals surface area contributed by atoms with Gasteiger partial charge in [0.05, 0.1) is 22.8 Å². The molecule has 40 heavy (non-hydrogen) atoms. The summed E-state index contributed by atoms with van der Waals surface area (Å²) < 4.78 is 51.3. The predicted octanol–water partition coefficient (Wildman–Crippen LogP) is 5.44. The average molecular weight is 586 g/mol. The number of rotatable bonds is 6. The van der Waals surface area contributed by atoms with E-state index in [1.807, 2.05) is 35.8 Å². The van der Waals surface area contributed by atoms with Gasteiger partial charge in [-0.15, -0.1) is 6.58 Å². The van der Waals surface area contributed by atoms with Gasteiger partial charge in [-0.1, -0.05) is 59.3 Å². The van der Waals surface area contributed by atoms with E-state index >= 15 is 0 Å². The van der Waals surface area contributed by atoms with Crippen LogP contribution in [0.2, 0.25) is 5.02 Å². The van der Waals surface area contributed by atoms with Crippen LogP contribution in [-0.2, 0) is 16.1 Å². The van der Waals surface area contributed by atoms with E-state index < -0.39 is 35.0 Å². The Balaban J connectivity index is 1.83. The second-order valence-corrected chi connectivity index (χ2v) is 10.5. The van der Waals surface area contributed by atoms with Crippen molar-refractivity contribution in [2.24, 2.45) is 4.99 Å². The van der Waals surface area contributed by atoms with Gasteiger partial charge in [0.15, 0.2) is 10.5 Å². The lowest BCUT2D eigenvalue weighted by atomic mass is 9.95. The maximum atomic E-state index is 14.3. The molecule has 1 atom stereocenters. The second-order valence-electron chi connectivity index (χ2n) is 9.03. The Hall–Kier alpha value is -3.89. The predicted molar refractivity (Wildman–Crippen MR) is 149 cm³/mol. The Morgan fingerprint density at radius 3 is 2.55 bits per heavy atom. The van der Waals surface area contributed by atoms with Gasteiger partial charge in [-0.05, 0) is 43.7 Å². The second kappa shape index (κ2) is 10.6. The molecule has 0 saturated carbocycles. The molecule has 0 amide bonds. The molecule has 5 rings (SSSR count). The van der Waals surface area contributed by atoms with Gasteiger partial charge >= 0.3 is 12.1 Å². The van der Waals surface area contributed by atoms with E-state index in [1.54, 1.807) is 12.2 Å². The number of para-hydroxylation sites is 1. The number of hydrogen-bond donors (Lipinski definition) is 0. The Kier molecular flexibility index (Phi) is 7.32. The minimum atomic E-state index is -4.98. The lowest BCUT2D eigenvalue weighted by Gasteiger charge is -2.26. The Bertz CT molecular complexity index is 1860. The first-order valence-electron chi connectivity index (χ1n) is 12.3. The highest BCUT2D eigenvalue weighted by atomic mass is 35.5. The zero-order chi connectivity index (χ0) is 28.8. The normalized spacial score (nSPS) is 15.8. The van der Waals surface area contributed by atoms with E-state index in [9.17, 15) is 22.8 Å². The van der Waals surface area contributed by atoms with Crippen LogP contribution in [0, 0.1) is 6.92 Å². The largest absolute Gasteiger partial charge is 0.463 e. The molecular formula is C29H23ClF3N3O3S. The number of halogens is 4. The summed E-state index contributed by atoms with van der Waals surface area (Å²) in [5, 5.41) is 1.23. The highest BCUT2D eigenvalue weighted by Crippen LogP contribution is 2.38. The Morgan fingerprint density at radius 2 is 1.90 bits per heavy atom. The fraction of sp³-hybridized carbons (Fsp3) is 0.207. The zero-order valence-corrected chi connectivity index (χ0v) is 23.0. The first-order valence-corrected chi connectivity index (χ1v) is 13.5. The number of carbonyl (C=O) groups excluding carboxylic acids is 1. The van der Waals surface area contributed by atoms with Crippen LogP contribution in [0.15, 0.2) is 82.2 Å². The van der Waals surface area contributed by atoms with Gasteiger partial charge in [-0.2, -0.15) is 13.2 Å². The molecule has 1 aliphatic rings. The third kappa shape index (κ3) is 4.71. The average Bonchev–Trinajstić information content (AvgIpc) is 3.37. The topological polar surface area (TPSA) is 65.6 Å². The minimum Gasteiger partial charge on any atom is -0.463 e. The van der Waals surface area contributed by atoms with Crippen molar-refractivity contribution in [2.75, 3.05) is 6.61 Å². The number of carbonyl (C=O) groups is 1. The lowest BCUT2D eigenvalue weighted by molar-refractivity contribution is -0.140. The quantitative estimate of drug-likeness (QED) is 0.223. The van der Waals surface area contributed by atoms with Gasteiger partial charge in [0, 0.05) is 33.7 Å². The van der Waals surface area contributed by atoms with Gasteiger partial charge < -0.3 is 9.30 Å². The Morgan fingerprint density at radius 1 is 1.20 bits per heavy atom. The van der Waals surface area contributed by atoms with Crippen molar-refractivity contribution >= 4 is 45.9 Å². The van der Waals surface area contributed by atoms with E-state index in [4.69, 9.17) is 16.3 Å². The molecule has 0 unspecified atom stereocenters. The van der Waals surface area contributed by atoms with E-state index in [0.717, 1.165) is 38.1 Å². The molecule has 0 aliphatic carbocycles. The monoisotopic (exact) mass is 585 g/mol. The molecule has 2 aromatic carbocycles. The van der Waals surface area contributed by atoms with Crippen LogP contribution in [0.5, 0.6) is 0 Å². The third-order valence-corrected chi connectivity index (χ3v) is 7.88. The number of benzene rings is 2. The summed E-state index contributed by atoms with van der Waals surface area (Å²) in [4.78, 5) is 30.5. The Labute approximate surface area is 235 Å². The first-order chi connectivity index (χ1) is 19.1. The highest BCUT2D eigenvalue weighted by molar-refractivity contribution is 7.07. The van der Waals surface area contributed by atoms with Crippen molar-refractivity contribution in [3.63, 3.8) is 0 Å². The van der Waals surface area contributed by atoms with Crippen molar-refractivity contribution in [1.82, 2.24) is 9.13 Å². The van der Waals surface area contributed by atoms with Crippen LogP contribution in [0.1, 0.15) is 29.8 Å².